The molecule has 4 rings (SSSR count). The summed E-state index contributed by atoms with van der Waals surface area (Å²) in [6.45, 7) is 4.40. The highest BCUT2D eigenvalue weighted by atomic mass is 16.5. The van der Waals surface area contributed by atoms with Crippen LogP contribution in [0.4, 0.5) is 0 Å². The molecule has 3 aromatic rings. The number of rotatable bonds is 3. The van der Waals surface area contributed by atoms with Crippen LogP contribution in [-0.4, -0.2) is 32.3 Å². The van der Waals surface area contributed by atoms with Crippen molar-refractivity contribution in [2.24, 2.45) is 0 Å². The van der Waals surface area contributed by atoms with Gasteiger partial charge in [-0.25, -0.2) is 4.68 Å². The van der Waals surface area contributed by atoms with Gasteiger partial charge in [-0.3, -0.25) is 14.7 Å². The van der Waals surface area contributed by atoms with Gasteiger partial charge in [0.25, 0.3) is 11.5 Å². The van der Waals surface area contributed by atoms with Gasteiger partial charge >= 0.3 is 0 Å². The zero-order valence-corrected chi connectivity index (χ0v) is 14.7. The number of likely N-dealkylation sites (tertiary alicyclic amines) is 1. The van der Waals surface area contributed by atoms with Gasteiger partial charge in [-0.2, -0.15) is 0 Å². The van der Waals surface area contributed by atoms with Crippen molar-refractivity contribution in [3.8, 4) is 5.69 Å². The predicted molar refractivity (Wildman–Crippen MR) is 95.4 cm³/mol. The van der Waals surface area contributed by atoms with E-state index in [1.807, 2.05) is 44.2 Å². The first-order valence-electron chi connectivity index (χ1n) is 8.67. The maximum atomic E-state index is 13.1. The number of hydrogen-bond acceptors (Lipinski definition) is 4. The van der Waals surface area contributed by atoms with Crippen molar-refractivity contribution >= 4 is 5.91 Å². The first-order chi connectivity index (χ1) is 12.6. The number of benzene rings is 1. The largest absolute Gasteiger partial charge is 0.361 e. The minimum atomic E-state index is -0.257. The second-order valence-electron chi connectivity index (χ2n) is 6.57. The Morgan fingerprint density at radius 1 is 1.27 bits per heavy atom. The van der Waals surface area contributed by atoms with E-state index in [-0.39, 0.29) is 23.2 Å². The minimum absolute atomic E-state index is 0.0719. The lowest BCUT2D eigenvalue weighted by molar-refractivity contribution is 0.0728. The van der Waals surface area contributed by atoms with Crippen molar-refractivity contribution in [3.63, 3.8) is 0 Å². The van der Waals surface area contributed by atoms with Crippen LogP contribution in [0.3, 0.4) is 0 Å². The van der Waals surface area contributed by atoms with Crippen molar-refractivity contribution in [2.75, 3.05) is 6.54 Å². The molecule has 1 N–H and O–H groups in total. The molecule has 0 bridgehead atoms. The van der Waals surface area contributed by atoms with Gasteiger partial charge in [0.05, 0.1) is 17.4 Å². The molecule has 1 aromatic carbocycles. The molecule has 0 aliphatic carbocycles. The van der Waals surface area contributed by atoms with Crippen molar-refractivity contribution in [1.29, 1.82) is 0 Å². The number of carbonyl (C=O) groups excluding carboxylic acids is 1. The minimum Gasteiger partial charge on any atom is -0.361 e. The van der Waals surface area contributed by atoms with Crippen LogP contribution in [0.1, 0.15) is 46.4 Å². The van der Waals surface area contributed by atoms with Crippen LogP contribution in [0, 0.1) is 13.8 Å². The van der Waals surface area contributed by atoms with Crippen LogP contribution < -0.4 is 5.56 Å². The molecule has 7 heteroatoms. The van der Waals surface area contributed by atoms with Gasteiger partial charge in [0, 0.05) is 18.2 Å². The third-order valence-corrected chi connectivity index (χ3v) is 4.90. The first kappa shape index (κ1) is 16.4. The van der Waals surface area contributed by atoms with E-state index in [4.69, 9.17) is 4.52 Å². The number of H-pyrrole nitrogens is 1. The van der Waals surface area contributed by atoms with Crippen LogP contribution >= 0.6 is 0 Å². The van der Waals surface area contributed by atoms with Crippen LogP contribution in [0.5, 0.6) is 0 Å². The zero-order chi connectivity index (χ0) is 18.3. The summed E-state index contributed by atoms with van der Waals surface area (Å²) in [6.07, 6.45) is 1.77. The van der Waals surface area contributed by atoms with Gasteiger partial charge < -0.3 is 9.42 Å². The van der Waals surface area contributed by atoms with Crippen molar-refractivity contribution in [2.45, 2.75) is 32.7 Å². The van der Waals surface area contributed by atoms with E-state index in [1.54, 1.807) is 4.90 Å². The van der Waals surface area contributed by atoms with E-state index >= 15 is 0 Å². The number of nitrogens with one attached hydrogen (secondary N) is 1. The Morgan fingerprint density at radius 3 is 2.73 bits per heavy atom. The highest BCUT2D eigenvalue weighted by molar-refractivity contribution is 5.92. The van der Waals surface area contributed by atoms with Crippen LogP contribution in [0.2, 0.25) is 0 Å². The Bertz CT molecular complexity index is 980. The van der Waals surface area contributed by atoms with E-state index in [9.17, 15) is 9.59 Å². The molecule has 134 valence electrons. The lowest BCUT2D eigenvalue weighted by Crippen LogP contribution is -2.31. The Balaban J connectivity index is 1.67. The van der Waals surface area contributed by atoms with Crippen molar-refractivity contribution in [1.82, 2.24) is 19.8 Å². The van der Waals surface area contributed by atoms with E-state index in [0.29, 0.717) is 12.2 Å². The second kappa shape index (κ2) is 6.33. The molecule has 1 atom stereocenters. The van der Waals surface area contributed by atoms with E-state index < -0.39 is 0 Å². The number of amides is 1. The number of aromatic amines is 1. The number of aryl methyl sites for hydroxylation is 2. The molecule has 1 fully saturated rings. The summed E-state index contributed by atoms with van der Waals surface area (Å²) in [5.41, 5.74) is 2.51. The third kappa shape index (κ3) is 2.65. The molecule has 1 aliphatic heterocycles. The Kier molecular flexibility index (Phi) is 3.99. The quantitative estimate of drug-likeness (QED) is 0.785. The molecule has 0 saturated carbocycles. The summed E-state index contributed by atoms with van der Waals surface area (Å²) in [4.78, 5) is 27.2. The molecule has 2 aromatic heterocycles. The predicted octanol–water partition coefficient (Wildman–Crippen LogP) is 2.75. The summed E-state index contributed by atoms with van der Waals surface area (Å²) in [6, 6.07) is 10.5. The van der Waals surface area contributed by atoms with Gasteiger partial charge in [0.1, 0.15) is 11.5 Å². The number of nitrogens with zero attached hydrogens (tertiary/aromatic N) is 3. The molecule has 0 unspecified atom stereocenters. The molecule has 0 spiro atoms. The number of aromatic nitrogens is 3. The monoisotopic (exact) mass is 352 g/mol. The SMILES string of the molecule is Cc1noc(C)c1[C@@H]1CCCN1C(=O)c1cc(=O)n(-c2ccccc2)[nH]1. The van der Waals surface area contributed by atoms with E-state index in [0.717, 1.165) is 29.9 Å². The summed E-state index contributed by atoms with van der Waals surface area (Å²) >= 11 is 0. The van der Waals surface area contributed by atoms with Gasteiger partial charge in [0.2, 0.25) is 0 Å². The fourth-order valence-corrected chi connectivity index (χ4v) is 3.70. The molecule has 1 saturated heterocycles. The Labute approximate surface area is 150 Å². The molecule has 1 aliphatic rings. The lowest BCUT2D eigenvalue weighted by atomic mass is 10.0. The maximum absolute atomic E-state index is 13.1. The zero-order valence-electron chi connectivity index (χ0n) is 14.7. The van der Waals surface area contributed by atoms with Gasteiger partial charge in [0.15, 0.2) is 0 Å². The van der Waals surface area contributed by atoms with E-state index in [1.165, 1.54) is 10.7 Å². The van der Waals surface area contributed by atoms with Gasteiger partial charge in [-0.1, -0.05) is 23.4 Å². The Hall–Kier alpha value is -3.09. The highest BCUT2D eigenvalue weighted by Gasteiger charge is 2.35. The highest BCUT2D eigenvalue weighted by Crippen LogP contribution is 2.36. The summed E-state index contributed by atoms with van der Waals surface area (Å²) < 4.78 is 6.66. The first-order valence-corrected chi connectivity index (χ1v) is 8.67. The second-order valence-corrected chi connectivity index (χ2v) is 6.57. The molecule has 1 amide bonds. The summed E-state index contributed by atoms with van der Waals surface area (Å²) in [5, 5.41) is 6.95. The molecule has 3 heterocycles. The normalized spacial score (nSPS) is 17.0. The van der Waals surface area contributed by atoms with Crippen LogP contribution in [0.25, 0.3) is 5.69 Å². The van der Waals surface area contributed by atoms with Gasteiger partial charge in [-0.05, 0) is 38.8 Å². The number of carbonyl (C=O) groups is 1. The molecular formula is C19H20N4O3. The average molecular weight is 352 g/mol. The smallest absolute Gasteiger partial charge is 0.272 e. The van der Waals surface area contributed by atoms with Crippen LogP contribution in [0.15, 0.2) is 45.7 Å². The fourth-order valence-electron chi connectivity index (χ4n) is 3.70. The van der Waals surface area contributed by atoms with Gasteiger partial charge in [-0.15, -0.1) is 0 Å². The molecule has 7 nitrogen and oxygen atoms in total. The maximum Gasteiger partial charge on any atom is 0.272 e. The van der Waals surface area contributed by atoms with E-state index in [2.05, 4.69) is 10.3 Å². The van der Waals surface area contributed by atoms with Crippen molar-refractivity contribution in [3.05, 3.63) is 69.5 Å². The van der Waals surface area contributed by atoms with Crippen molar-refractivity contribution < 1.29 is 9.32 Å². The molecule has 0 radical (unpaired) electrons. The lowest BCUT2D eigenvalue weighted by Gasteiger charge is -2.24. The summed E-state index contributed by atoms with van der Waals surface area (Å²) in [5.74, 6) is 0.557. The standard InChI is InChI=1S/C19H20N4O3/c1-12-18(13(2)26-21-12)16-9-6-10-22(16)19(25)15-11-17(24)23(20-15)14-7-4-3-5-8-14/h3-5,7-8,11,16,20H,6,9-10H2,1-2H3/t16-/m0/s1. The molecule has 26 heavy (non-hydrogen) atoms. The molecular weight excluding hydrogens is 332 g/mol. The van der Waals surface area contributed by atoms with Crippen LogP contribution in [-0.2, 0) is 0 Å². The average Bonchev–Trinajstić information content (AvgIpc) is 3.34. The topological polar surface area (TPSA) is 84.1 Å². The number of hydrogen-bond donors (Lipinski definition) is 1. The number of para-hydroxylation sites is 1. The third-order valence-electron chi connectivity index (χ3n) is 4.90. The fraction of sp³-hybridized carbons (Fsp3) is 0.316. The summed E-state index contributed by atoms with van der Waals surface area (Å²) in [7, 11) is 0. The Morgan fingerprint density at radius 2 is 2.04 bits per heavy atom.